The Hall–Kier alpha value is -1.95. The van der Waals surface area contributed by atoms with Gasteiger partial charge in [-0.2, -0.15) is 5.26 Å². The molecule has 104 valence electrons. The first kappa shape index (κ1) is 14.5. The highest BCUT2D eigenvalue weighted by molar-refractivity contribution is 7.91. The lowest BCUT2D eigenvalue weighted by Crippen LogP contribution is -2.22. The van der Waals surface area contributed by atoms with Crippen LogP contribution in [0.4, 0.5) is 0 Å². The number of hydrogen-bond acceptors (Lipinski definition) is 6. The second kappa shape index (κ2) is 6.00. The van der Waals surface area contributed by atoms with Crippen molar-refractivity contribution in [3.8, 4) is 11.9 Å². The minimum absolute atomic E-state index is 0.121. The van der Waals surface area contributed by atoms with Crippen molar-refractivity contribution >= 4 is 21.4 Å². The van der Waals surface area contributed by atoms with E-state index in [-0.39, 0.29) is 10.8 Å². The third kappa shape index (κ3) is 3.33. The summed E-state index contributed by atoms with van der Waals surface area (Å²) in [6.45, 7) is 0.124. The van der Waals surface area contributed by atoms with Crippen LogP contribution in [-0.4, -0.2) is 20.5 Å². The molecule has 2 heterocycles. The van der Waals surface area contributed by atoms with E-state index in [2.05, 4.69) is 9.71 Å². The van der Waals surface area contributed by atoms with Gasteiger partial charge in [0.05, 0.1) is 7.11 Å². The van der Waals surface area contributed by atoms with Crippen LogP contribution in [0.2, 0.25) is 0 Å². The molecule has 0 saturated heterocycles. The number of nitrogens with one attached hydrogen (secondary N) is 1. The van der Waals surface area contributed by atoms with Crippen LogP contribution in [0.3, 0.4) is 0 Å². The number of aromatic nitrogens is 1. The van der Waals surface area contributed by atoms with Gasteiger partial charge in [0.15, 0.2) is 0 Å². The highest BCUT2D eigenvalue weighted by atomic mass is 32.2. The normalized spacial score (nSPS) is 11.0. The molecule has 0 saturated carbocycles. The van der Waals surface area contributed by atoms with Crippen molar-refractivity contribution in [3.63, 3.8) is 0 Å². The molecule has 0 spiro atoms. The number of thiophene rings is 1. The molecule has 20 heavy (non-hydrogen) atoms. The second-order valence-corrected chi connectivity index (χ2v) is 6.84. The van der Waals surface area contributed by atoms with Gasteiger partial charge < -0.3 is 4.74 Å². The molecule has 8 heteroatoms. The Morgan fingerprint density at radius 3 is 2.75 bits per heavy atom. The number of sulfonamides is 1. The van der Waals surface area contributed by atoms with Gasteiger partial charge in [-0.3, -0.25) is 0 Å². The number of nitriles is 1. The maximum absolute atomic E-state index is 12.0. The predicted molar refractivity (Wildman–Crippen MR) is 73.8 cm³/mol. The molecule has 2 rings (SSSR count). The van der Waals surface area contributed by atoms with Gasteiger partial charge in [0.2, 0.25) is 15.9 Å². The van der Waals surface area contributed by atoms with Crippen molar-refractivity contribution < 1.29 is 13.2 Å². The SMILES string of the molecule is COc1ccc(CNS(=O)(=O)c2ccc(C#N)s2)cn1. The zero-order valence-electron chi connectivity index (χ0n) is 10.5. The molecular formula is C12H11N3O3S2. The van der Waals surface area contributed by atoms with E-state index >= 15 is 0 Å². The molecule has 0 aromatic carbocycles. The first-order chi connectivity index (χ1) is 9.55. The first-order valence-electron chi connectivity index (χ1n) is 5.53. The van der Waals surface area contributed by atoms with Crippen molar-refractivity contribution in [2.24, 2.45) is 0 Å². The Labute approximate surface area is 120 Å². The molecule has 0 atom stereocenters. The molecule has 6 nitrogen and oxygen atoms in total. The summed E-state index contributed by atoms with van der Waals surface area (Å²) in [5, 5.41) is 8.70. The molecule has 2 aromatic rings. The van der Waals surface area contributed by atoms with Gasteiger partial charge in [-0.25, -0.2) is 18.1 Å². The largest absolute Gasteiger partial charge is 0.481 e. The van der Waals surface area contributed by atoms with Crippen LogP contribution in [0, 0.1) is 11.3 Å². The predicted octanol–water partition coefficient (Wildman–Crippen LogP) is 1.50. The molecular weight excluding hydrogens is 298 g/mol. The Bertz CT molecular complexity index is 730. The number of ether oxygens (including phenoxy) is 1. The third-order valence-corrected chi connectivity index (χ3v) is 5.31. The Morgan fingerprint density at radius 2 is 2.20 bits per heavy atom. The van der Waals surface area contributed by atoms with E-state index < -0.39 is 10.0 Å². The molecule has 2 aromatic heterocycles. The van der Waals surface area contributed by atoms with Gasteiger partial charge >= 0.3 is 0 Å². The Kier molecular flexibility index (Phi) is 4.34. The first-order valence-corrected chi connectivity index (χ1v) is 7.83. The van der Waals surface area contributed by atoms with Gasteiger partial charge in [-0.1, -0.05) is 6.07 Å². The molecule has 0 aliphatic heterocycles. The monoisotopic (exact) mass is 309 g/mol. The summed E-state index contributed by atoms with van der Waals surface area (Å²) < 4.78 is 31.5. The van der Waals surface area contributed by atoms with Crippen LogP contribution < -0.4 is 9.46 Å². The number of hydrogen-bond donors (Lipinski definition) is 1. The summed E-state index contributed by atoms with van der Waals surface area (Å²) in [4.78, 5) is 4.35. The maximum atomic E-state index is 12.0. The number of pyridine rings is 1. The average molecular weight is 309 g/mol. The fraction of sp³-hybridized carbons (Fsp3) is 0.167. The lowest BCUT2D eigenvalue weighted by Gasteiger charge is -2.05. The highest BCUT2D eigenvalue weighted by Gasteiger charge is 2.16. The van der Waals surface area contributed by atoms with Gasteiger partial charge in [0.25, 0.3) is 0 Å². The highest BCUT2D eigenvalue weighted by Crippen LogP contribution is 2.20. The molecule has 0 amide bonds. The summed E-state index contributed by atoms with van der Waals surface area (Å²) in [6, 6.07) is 8.18. The Balaban J connectivity index is 2.07. The minimum atomic E-state index is -3.61. The van der Waals surface area contributed by atoms with Gasteiger partial charge in [0, 0.05) is 18.8 Å². The topological polar surface area (TPSA) is 92.1 Å². The third-order valence-electron chi connectivity index (χ3n) is 2.43. The van der Waals surface area contributed by atoms with Crippen molar-refractivity contribution in [1.82, 2.24) is 9.71 Å². The van der Waals surface area contributed by atoms with E-state index in [0.29, 0.717) is 16.3 Å². The lowest BCUT2D eigenvalue weighted by molar-refractivity contribution is 0.397. The van der Waals surface area contributed by atoms with Crippen LogP contribution in [0.1, 0.15) is 10.4 Å². The van der Waals surface area contributed by atoms with E-state index in [9.17, 15) is 8.42 Å². The molecule has 0 aliphatic carbocycles. The quantitative estimate of drug-likeness (QED) is 0.903. The summed E-state index contributed by atoms with van der Waals surface area (Å²) in [6.07, 6.45) is 1.54. The van der Waals surface area contributed by atoms with E-state index in [4.69, 9.17) is 10.00 Å². The van der Waals surface area contributed by atoms with Gasteiger partial charge in [-0.15, -0.1) is 11.3 Å². The van der Waals surface area contributed by atoms with E-state index in [1.54, 1.807) is 12.1 Å². The van der Waals surface area contributed by atoms with Crippen LogP contribution in [0.5, 0.6) is 5.88 Å². The number of methoxy groups -OCH3 is 1. The zero-order valence-corrected chi connectivity index (χ0v) is 12.2. The maximum Gasteiger partial charge on any atom is 0.250 e. The summed E-state index contributed by atoms with van der Waals surface area (Å²) in [7, 11) is -2.10. The molecule has 1 N–H and O–H groups in total. The molecule has 0 aliphatic rings. The minimum Gasteiger partial charge on any atom is -0.481 e. The molecule has 0 fully saturated rings. The Morgan fingerprint density at radius 1 is 1.40 bits per heavy atom. The smallest absolute Gasteiger partial charge is 0.250 e. The van der Waals surface area contributed by atoms with E-state index in [0.717, 1.165) is 11.3 Å². The van der Waals surface area contributed by atoms with Crippen LogP contribution in [0.15, 0.2) is 34.7 Å². The fourth-order valence-corrected chi connectivity index (χ4v) is 3.58. The van der Waals surface area contributed by atoms with Gasteiger partial charge in [-0.05, 0) is 17.7 Å². The zero-order chi connectivity index (χ0) is 14.6. The van der Waals surface area contributed by atoms with Crippen molar-refractivity contribution in [1.29, 1.82) is 5.26 Å². The number of rotatable bonds is 5. The van der Waals surface area contributed by atoms with E-state index in [1.165, 1.54) is 25.4 Å². The fourth-order valence-electron chi connectivity index (χ4n) is 1.41. The van der Waals surface area contributed by atoms with Crippen LogP contribution >= 0.6 is 11.3 Å². The second-order valence-electron chi connectivity index (χ2n) is 3.76. The lowest BCUT2D eigenvalue weighted by atomic mass is 10.3. The van der Waals surface area contributed by atoms with Crippen LogP contribution in [-0.2, 0) is 16.6 Å². The van der Waals surface area contributed by atoms with E-state index in [1.807, 2.05) is 6.07 Å². The molecule has 0 radical (unpaired) electrons. The van der Waals surface area contributed by atoms with Gasteiger partial charge in [0.1, 0.15) is 15.2 Å². The summed E-state index contributed by atoms with van der Waals surface area (Å²) in [5.41, 5.74) is 0.714. The summed E-state index contributed by atoms with van der Waals surface area (Å²) >= 11 is 0.934. The molecule has 0 bridgehead atoms. The average Bonchev–Trinajstić information content (AvgIpc) is 2.95. The van der Waals surface area contributed by atoms with Crippen LogP contribution in [0.25, 0.3) is 0 Å². The number of nitrogens with zero attached hydrogens (tertiary/aromatic N) is 2. The van der Waals surface area contributed by atoms with Crippen molar-refractivity contribution in [3.05, 3.63) is 40.9 Å². The molecule has 0 unspecified atom stereocenters. The summed E-state index contributed by atoms with van der Waals surface area (Å²) in [5.74, 6) is 0.466. The van der Waals surface area contributed by atoms with Crippen molar-refractivity contribution in [2.75, 3.05) is 7.11 Å². The standard InChI is InChI=1S/C12H11N3O3S2/c1-18-11-4-2-9(7-14-11)8-15-20(16,17)12-5-3-10(6-13)19-12/h2-5,7,15H,8H2,1H3. The van der Waals surface area contributed by atoms with Crippen molar-refractivity contribution in [2.45, 2.75) is 10.8 Å².